The fourth-order valence-electron chi connectivity index (χ4n) is 2.55. The second-order valence-corrected chi connectivity index (χ2v) is 5.22. The maximum atomic E-state index is 5.74. The van der Waals surface area contributed by atoms with Gasteiger partial charge in [-0.1, -0.05) is 44.2 Å². The summed E-state index contributed by atoms with van der Waals surface area (Å²) in [5, 5.41) is 0. The van der Waals surface area contributed by atoms with Crippen LogP contribution < -0.4 is 5.73 Å². The van der Waals surface area contributed by atoms with Gasteiger partial charge in [0.15, 0.2) is 0 Å². The standard InChI is InChI=1S/C16H16N2/c1-16(2)13-5-3-4-6-14(13)18-15(16)11-7-9-12(17)10-8-11/h3-10H,17H2,1-2H3. The lowest BCUT2D eigenvalue weighted by Gasteiger charge is -2.22. The summed E-state index contributed by atoms with van der Waals surface area (Å²) in [7, 11) is 0. The van der Waals surface area contributed by atoms with Crippen LogP contribution in [0.4, 0.5) is 11.4 Å². The molecule has 0 saturated carbocycles. The number of benzene rings is 2. The van der Waals surface area contributed by atoms with Crippen molar-refractivity contribution in [3.63, 3.8) is 0 Å². The summed E-state index contributed by atoms with van der Waals surface area (Å²) in [6.45, 7) is 4.43. The normalized spacial score (nSPS) is 16.2. The molecular formula is C16H16N2. The van der Waals surface area contributed by atoms with E-state index < -0.39 is 0 Å². The first-order valence-electron chi connectivity index (χ1n) is 6.13. The topological polar surface area (TPSA) is 38.4 Å². The van der Waals surface area contributed by atoms with E-state index in [1.165, 1.54) is 5.56 Å². The van der Waals surface area contributed by atoms with Gasteiger partial charge in [0.25, 0.3) is 0 Å². The molecule has 90 valence electrons. The fraction of sp³-hybridized carbons (Fsp3) is 0.188. The number of para-hydroxylation sites is 1. The SMILES string of the molecule is CC1(C)C(c2ccc(N)cc2)=Nc2ccccc21. The smallest absolute Gasteiger partial charge is 0.0675 e. The van der Waals surface area contributed by atoms with Gasteiger partial charge in [-0.15, -0.1) is 0 Å². The number of anilines is 1. The second-order valence-electron chi connectivity index (χ2n) is 5.22. The first-order chi connectivity index (χ1) is 8.59. The van der Waals surface area contributed by atoms with E-state index in [1.54, 1.807) is 0 Å². The molecule has 0 aromatic heterocycles. The van der Waals surface area contributed by atoms with Crippen molar-refractivity contribution >= 4 is 17.1 Å². The molecule has 0 atom stereocenters. The lowest BCUT2D eigenvalue weighted by molar-refractivity contribution is 0.737. The molecule has 0 bridgehead atoms. The number of aliphatic imine (C=N–C) groups is 1. The molecule has 1 heterocycles. The average molecular weight is 236 g/mol. The van der Waals surface area contributed by atoms with E-state index in [0.717, 1.165) is 22.6 Å². The Bertz CT molecular complexity index is 622. The third-order valence-electron chi connectivity index (χ3n) is 3.59. The van der Waals surface area contributed by atoms with E-state index in [0.29, 0.717) is 0 Å². The van der Waals surface area contributed by atoms with Crippen LogP contribution in [0.5, 0.6) is 0 Å². The van der Waals surface area contributed by atoms with Crippen molar-refractivity contribution in [1.82, 2.24) is 0 Å². The van der Waals surface area contributed by atoms with Gasteiger partial charge in [-0.25, -0.2) is 0 Å². The van der Waals surface area contributed by atoms with E-state index in [9.17, 15) is 0 Å². The van der Waals surface area contributed by atoms with Gasteiger partial charge in [-0.3, -0.25) is 4.99 Å². The minimum atomic E-state index is -0.0489. The van der Waals surface area contributed by atoms with Crippen molar-refractivity contribution in [2.24, 2.45) is 4.99 Å². The fourth-order valence-corrected chi connectivity index (χ4v) is 2.55. The van der Waals surface area contributed by atoms with E-state index in [4.69, 9.17) is 10.7 Å². The molecule has 2 heteroatoms. The maximum absolute atomic E-state index is 5.74. The van der Waals surface area contributed by atoms with E-state index >= 15 is 0 Å². The Morgan fingerprint density at radius 2 is 1.61 bits per heavy atom. The molecule has 1 aliphatic rings. The highest BCUT2D eigenvalue weighted by atomic mass is 14.8. The Balaban J connectivity index is 2.13. The molecule has 0 saturated heterocycles. The van der Waals surface area contributed by atoms with E-state index in [1.807, 2.05) is 30.3 Å². The molecule has 2 nitrogen and oxygen atoms in total. The van der Waals surface area contributed by atoms with Crippen LogP contribution in [0.3, 0.4) is 0 Å². The highest BCUT2D eigenvalue weighted by Crippen LogP contribution is 2.41. The number of hydrogen-bond donors (Lipinski definition) is 1. The molecule has 18 heavy (non-hydrogen) atoms. The first kappa shape index (κ1) is 11.0. The molecule has 3 rings (SSSR count). The summed E-state index contributed by atoms with van der Waals surface area (Å²) >= 11 is 0. The van der Waals surface area contributed by atoms with Crippen molar-refractivity contribution < 1.29 is 0 Å². The van der Waals surface area contributed by atoms with E-state index in [-0.39, 0.29) is 5.41 Å². The molecule has 0 amide bonds. The number of nitrogens with two attached hydrogens (primary N) is 1. The van der Waals surface area contributed by atoms with Gasteiger partial charge in [-0.05, 0) is 29.3 Å². The van der Waals surface area contributed by atoms with Crippen LogP contribution in [0, 0.1) is 0 Å². The van der Waals surface area contributed by atoms with Crippen LogP contribution in [0.15, 0.2) is 53.5 Å². The third kappa shape index (κ3) is 1.53. The summed E-state index contributed by atoms with van der Waals surface area (Å²) in [6, 6.07) is 16.3. The Labute approximate surface area is 107 Å². The van der Waals surface area contributed by atoms with Crippen molar-refractivity contribution in [3.05, 3.63) is 59.7 Å². The summed E-state index contributed by atoms with van der Waals surface area (Å²) in [4.78, 5) is 4.78. The Hall–Kier alpha value is -2.09. The van der Waals surface area contributed by atoms with Crippen LogP contribution >= 0.6 is 0 Å². The molecule has 2 aromatic carbocycles. The Morgan fingerprint density at radius 1 is 0.944 bits per heavy atom. The number of nitrogen functional groups attached to an aromatic ring is 1. The quantitative estimate of drug-likeness (QED) is 0.754. The highest BCUT2D eigenvalue weighted by Gasteiger charge is 2.35. The van der Waals surface area contributed by atoms with Crippen molar-refractivity contribution in [2.75, 3.05) is 5.73 Å². The van der Waals surface area contributed by atoms with Crippen molar-refractivity contribution in [3.8, 4) is 0 Å². The van der Waals surface area contributed by atoms with Crippen LogP contribution in [-0.4, -0.2) is 5.71 Å². The summed E-state index contributed by atoms with van der Waals surface area (Å²) in [5.74, 6) is 0. The molecule has 0 unspecified atom stereocenters. The Morgan fingerprint density at radius 3 is 2.28 bits per heavy atom. The zero-order chi connectivity index (χ0) is 12.8. The van der Waals surface area contributed by atoms with E-state index in [2.05, 4.69) is 32.0 Å². The number of fused-ring (bicyclic) bond motifs is 1. The molecule has 0 aliphatic carbocycles. The van der Waals surface area contributed by atoms with Gasteiger partial charge in [0.05, 0.1) is 11.4 Å². The van der Waals surface area contributed by atoms with Gasteiger partial charge >= 0.3 is 0 Å². The molecule has 0 spiro atoms. The average Bonchev–Trinajstić information content (AvgIpc) is 2.63. The molecule has 0 radical (unpaired) electrons. The minimum absolute atomic E-state index is 0.0489. The molecule has 2 aromatic rings. The highest BCUT2D eigenvalue weighted by molar-refractivity contribution is 6.12. The predicted octanol–water partition coefficient (Wildman–Crippen LogP) is 3.68. The van der Waals surface area contributed by atoms with Gasteiger partial charge in [0.1, 0.15) is 0 Å². The second kappa shape index (κ2) is 3.70. The monoisotopic (exact) mass is 236 g/mol. The summed E-state index contributed by atoms with van der Waals surface area (Å²) in [6.07, 6.45) is 0. The van der Waals surface area contributed by atoms with Gasteiger partial charge in [-0.2, -0.15) is 0 Å². The lowest BCUT2D eigenvalue weighted by Crippen LogP contribution is -2.26. The summed E-state index contributed by atoms with van der Waals surface area (Å²) < 4.78 is 0. The van der Waals surface area contributed by atoms with Crippen LogP contribution in [0.2, 0.25) is 0 Å². The molecule has 2 N–H and O–H groups in total. The number of rotatable bonds is 1. The van der Waals surface area contributed by atoms with Crippen LogP contribution in [0.1, 0.15) is 25.0 Å². The maximum Gasteiger partial charge on any atom is 0.0675 e. The molecule has 1 aliphatic heterocycles. The minimum Gasteiger partial charge on any atom is -0.399 e. The van der Waals surface area contributed by atoms with Crippen LogP contribution in [0.25, 0.3) is 0 Å². The molecule has 0 fully saturated rings. The lowest BCUT2D eigenvalue weighted by atomic mass is 9.79. The third-order valence-corrected chi connectivity index (χ3v) is 3.59. The zero-order valence-corrected chi connectivity index (χ0v) is 10.6. The van der Waals surface area contributed by atoms with Gasteiger partial charge in [0.2, 0.25) is 0 Å². The van der Waals surface area contributed by atoms with Crippen LogP contribution in [-0.2, 0) is 5.41 Å². The largest absolute Gasteiger partial charge is 0.399 e. The van der Waals surface area contributed by atoms with Gasteiger partial charge in [0, 0.05) is 11.1 Å². The Kier molecular flexibility index (Phi) is 2.27. The number of hydrogen-bond acceptors (Lipinski definition) is 2. The van der Waals surface area contributed by atoms with Crippen molar-refractivity contribution in [2.45, 2.75) is 19.3 Å². The number of nitrogens with zero attached hydrogens (tertiary/aromatic N) is 1. The zero-order valence-electron chi connectivity index (χ0n) is 10.6. The predicted molar refractivity (Wildman–Crippen MR) is 76.5 cm³/mol. The summed E-state index contributed by atoms with van der Waals surface area (Å²) in [5.41, 5.74) is 11.1. The van der Waals surface area contributed by atoms with Gasteiger partial charge < -0.3 is 5.73 Å². The first-order valence-corrected chi connectivity index (χ1v) is 6.13. The van der Waals surface area contributed by atoms with Crippen molar-refractivity contribution in [1.29, 1.82) is 0 Å². The molecular weight excluding hydrogens is 220 g/mol.